The molecule has 0 heterocycles. The molecule has 0 aliphatic rings. The zero-order chi connectivity index (χ0) is 10.7. The molecular formula is C3H5Cl2F3NO2PS. The second kappa shape index (κ2) is 4.98. The van der Waals surface area contributed by atoms with Crippen LogP contribution in [0.25, 0.3) is 0 Å². The quantitative estimate of drug-likeness (QED) is 0.743. The van der Waals surface area contributed by atoms with Crippen LogP contribution >= 0.6 is 29.3 Å². The summed E-state index contributed by atoms with van der Waals surface area (Å²) in [7, 11) is -3.39. The fourth-order valence-electron chi connectivity index (χ4n) is 0.312. The molecule has 0 aromatic rings. The molecule has 0 spiro atoms. The number of halogens is 5. The van der Waals surface area contributed by atoms with Gasteiger partial charge >= 0.3 is 6.18 Å². The van der Waals surface area contributed by atoms with Crippen LogP contribution in [-0.2, 0) is 14.2 Å². The van der Waals surface area contributed by atoms with Crippen molar-refractivity contribution < 1.29 is 21.6 Å². The highest BCUT2D eigenvalue weighted by Gasteiger charge is 2.29. The van der Waals surface area contributed by atoms with Crippen molar-refractivity contribution in [2.45, 2.75) is 6.18 Å². The van der Waals surface area contributed by atoms with Gasteiger partial charge < -0.3 is 0 Å². The van der Waals surface area contributed by atoms with Gasteiger partial charge in [-0.1, -0.05) is 22.5 Å². The van der Waals surface area contributed by atoms with Crippen LogP contribution in [0.5, 0.6) is 0 Å². The van der Waals surface area contributed by atoms with E-state index in [2.05, 4.69) is 8.32 Å². The SMILES string of the molecule is CS(=O)(=NP(Cl)Cl)OCC(F)(F)F. The number of nitrogens with zero attached hydrogens (tertiary/aromatic N) is 1. The van der Waals surface area contributed by atoms with Crippen LogP contribution in [0.1, 0.15) is 0 Å². The lowest BCUT2D eigenvalue weighted by molar-refractivity contribution is -0.151. The van der Waals surface area contributed by atoms with Gasteiger partial charge in [0.2, 0.25) is 6.78 Å². The smallest absolute Gasteiger partial charge is 0.275 e. The van der Waals surface area contributed by atoms with Crippen LogP contribution in [0.15, 0.2) is 4.13 Å². The molecule has 0 aliphatic carbocycles. The van der Waals surface area contributed by atoms with Gasteiger partial charge in [0.15, 0.2) is 16.6 Å². The summed E-state index contributed by atoms with van der Waals surface area (Å²) >= 11 is 10.3. The Labute approximate surface area is 84.3 Å². The van der Waals surface area contributed by atoms with Crippen LogP contribution in [0.2, 0.25) is 0 Å². The van der Waals surface area contributed by atoms with E-state index < -0.39 is 29.6 Å². The second-order valence-electron chi connectivity index (χ2n) is 1.91. The summed E-state index contributed by atoms with van der Waals surface area (Å²) in [5.41, 5.74) is 0. The number of alkyl halides is 3. The maximum Gasteiger partial charge on any atom is 0.413 e. The first-order valence-electron chi connectivity index (χ1n) is 2.67. The Morgan fingerprint density at radius 2 is 2.00 bits per heavy atom. The fourth-order valence-corrected chi connectivity index (χ4v) is 3.77. The van der Waals surface area contributed by atoms with E-state index in [1.807, 2.05) is 0 Å². The van der Waals surface area contributed by atoms with Gasteiger partial charge in [0.05, 0.1) is 0 Å². The van der Waals surface area contributed by atoms with Gasteiger partial charge in [-0.2, -0.15) is 17.3 Å². The van der Waals surface area contributed by atoms with E-state index in [1.54, 1.807) is 0 Å². The third-order valence-corrected chi connectivity index (χ3v) is 4.00. The van der Waals surface area contributed by atoms with E-state index in [4.69, 9.17) is 22.5 Å². The molecule has 0 rings (SSSR count). The minimum atomic E-state index is -4.55. The largest absolute Gasteiger partial charge is 0.413 e. The average Bonchev–Trinajstić information content (AvgIpc) is 1.79. The first-order valence-corrected chi connectivity index (χ1v) is 7.62. The highest BCUT2D eigenvalue weighted by Crippen LogP contribution is 2.49. The van der Waals surface area contributed by atoms with E-state index in [0.717, 1.165) is 6.26 Å². The maximum atomic E-state index is 11.6. The second-order valence-corrected chi connectivity index (χ2v) is 7.13. The molecule has 13 heavy (non-hydrogen) atoms. The summed E-state index contributed by atoms with van der Waals surface area (Å²) < 4.78 is 52.8. The van der Waals surface area contributed by atoms with Gasteiger partial charge in [0.1, 0.15) is 0 Å². The predicted octanol–water partition coefficient (Wildman–Crippen LogP) is 3.28. The highest BCUT2D eigenvalue weighted by molar-refractivity contribution is 8.07. The van der Waals surface area contributed by atoms with Gasteiger partial charge in [0, 0.05) is 6.26 Å². The molecule has 0 radical (unpaired) electrons. The first-order chi connectivity index (χ1) is 5.62. The van der Waals surface area contributed by atoms with E-state index in [1.165, 1.54) is 0 Å². The van der Waals surface area contributed by atoms with Gasteiger partial charge in [0.25, 0.3) is 0 Å². The summed E-state index contributed by atoms with van der Waals surface area (Å²) in [5.74, 6) is 0. The van der Waals surface area contributed by atoms with Crippen LogP contribution < -0.4 is 0 Å². The molecule has 0 aromatic carbocycles. The van der Waals surface area contributed by atoms with Crippen molar-refractivity contribution in [3.05, 3.63) is 0 Å². The molecule has 0 saturated heterocycles. The topological polar surface area (TPSA) is 38.7 Å². The van der Waals surface area contributed by atoms with Crippen molar-refractivity contribution in [3.63, 3.8) is 0 Å². The summed E-state index contributed by atoms with van der Waals surface area (Å²) in [6.45, 7) is -3.57. The molecule has 1 unspecified atom stereocenters. The van der Waals surface area contributed by atoms with Gasteiger partial charge in [-0.05, 0) is 0 Å². The van der Waals surface area contributed by atoms with Crippen molar-refractivity contribution in [1.82, 2.24) is 0 Å². The summed E-state index contributed by atoms with van der Waals surface area (Å²) in [6.07, 6.45) is -3.66. The van der Waals surface area contributed by atoms with Gasteiger partial charge in [-0.25, -0.2) is 4.21 Å². The number of rotatable bonds is 3. The Morgan fingerprint density at radius 1 is 1.54 bits per heavy atom. The third kappa shape index (κ3) is 9.02. The molecule has 80 valence electrons. The average molecular weight is 278 g/mol. The number of hydrogen-bond acceptors (Lipinski definition) is 3. The third-order valence-electron chi connectivity index (χ3n) is 0.651. The summed E-state index contributed by atoms with van der Waals surface area (Å²) in [4.78, 5) is 0. The van der Waals surface area contributed by atoms with Crippen molar-refractivity contribution in [1.29, 1.82) is 0 Å². The zero-order valence-corrected chi connectivity index (χ0v) is 9.44. The van der Waals surface area contributed by atoms with Crippen LogP contribution in [0.3, 0.4) is 0 Å². The van der Waals surface area contributed by atoms with E-state index in [9.17, 15) is 17.4 Å². The Hall–Kier alpha value is 0.710. The van der Waals surface area contributed by atoms with E-state index >= 15 is 0 Å². The van der Waals surface area contributed by atoms with Crippen molar-refractivity contribution in [2.24, 2.45) is 4.13 Å². The molecule has 0 bridgehead atoms. The van der Waals surface area contributed by atoms with Crippen LogP contribution in [-0.4, -0.2) is 23.2 Å². The molecule has 3 nitrogen and oxygen atoms in total. The lowest BCUT2D eigenvalue weighted by Gasteiger charge is -2.08. The molecule has 0 amide bonds. The molecule has 0 fully saturated rings. The first kappa shape index (κ1) is 13.7. The lowest BCUT2D eigenvalue weighted by Crippen LogP contribution is -2.19. The standard InChI is InChI=1S/C3H5Cl2F3NO2PS/c1-13(10,9-12(4)5)11-2-3(6,7)8/h2H2,1H3. The zero-order valence-electron chi connectivity index (χ0n) is 6.22. The van der Waals surface area contributed by atoms with Crippen molar-refractivity contribution >= 4 is 39.3 Å². The molecule has 0 aromatic heterocycles. The minimum Gasteiger partial charge on any atom is -0.275 e. The molecule has 0 aliphatic heterocycles. The molecule has 1 atom stereocenters. The van der Waals surface area contributed by atoms with Gasteiger partial charge in [-0.15, -0.1) is 0 Å². The number of hydrogen-bond donors (Lipinski definition) is 0. The molecular weight excluding hydrogens is 273 g/mol. The Balaban J connectivity index is 4.29. The fraction of sp³-hybridized carbons (Fsp3) is 1.00. The maximum absolute atomic E-state index is 11.6. The van der Waals surface area contributed by atoms with Gasteiger partial charge in [-0.3, -0.25) is 4.18 Å². The monoisotopic (exact) mass is 277 g/mol. The predicted molar refractivity (Wildman–Crippen MR) is 47.1 cm³/mol. The normalized spacial score (nSPS) is 17.2. The van der Waals surface area contributed by atoms with Crippen LogP contribution in [0.4, 0.5) is 13.2 Å². The van der Waals surface area contributed by atoms with E-state index in [-0.39, 0.29) is 0 Å². The Kier molecular flexibility index (Phi) is 5.25. The minimum absolute atomic E-state index is 0.888. The molecule has 0 saturated carbocycles. The highest BCUT2D eigenvalue weighted by atomic mass is 35.9. The van der Waals surface area contributed by atoms with Crippen LogP contribution in [0, 0.1) is 0 Å². The lowest BCUT2D eigenvalue weighted by atomic mass is 10.7. The Morgan fingerprint density at radius 3 is 2.31 bits per heavy atom. The van der Waals surface area contributed by atoms with E-state index in [0.29, 0.717) is 0 Å². The molecule has 0 N–H and O–H groups in total. The summed E-state index contributed by atoms with van der Waals surface area (Å²) in [6, 6.07) is 0. The Bertz CT molecular complexity index is 274. The van der Waals surface area contributed by atoms with Crippen molar-refractivity contribution in [2.75, 3.05) is 12.9 Å². The summed E-state index contributed by atoms with van der Waals surface area (Å²) in [5, 5.41) is 0. The van der Waals surface area contributed by atoms with Crippen molar-refractivity contribution in [3.8, 4) is 0 Å². The molecule has 10 heteroatoms.